The third kappa shape index (κ3) is 6.93. The fraction of sp³-hybridized carbons (Fsp3) is 0.514. The molecule has 9 nitrogen and oxygen atoms in total. The summed E-state index contributed by atoms with van der Waals surface area (Å²) in [4.78, 5) is 60.3. The Morgan fingerprint density at radius 2 is 2.02 bits per heavy atom. The zero-order valence-corrected chi connectivity index (χ0v) is 27.2. The van der Waals surface area contributed by atoms with Crippen LogP contribution in [0, 0.1) is 22.7 Å². The van der Waals surface area contributed by atoms with E-state index in [9.17, 15) is 19.2 Å². The second kappa shape index (κ2) is 12.9. The van der Waals surface area contributed by atoms with Crippen molar-refractivity contribution in [2.45, 2.75) is 71.4 Å². The van der Waals surface area contributed by atoms with Gasteiger partial charge in [-0.2, -0.15) is 0 Å². The van der Waals surface area contributed by atoms with Gasteiger partial charge in [-0.1, -0.05) is 62.7 Å². The predicted molar refractivity (Wildman–Crippen MR) is 173 cm³/mol. The van der Waals surface area contributed by atoms with E-state index in [1.54, 1.807) is 24.1 Å². The molecule has 2 aromatic rings. The van der Waals surface area contributed by atoms with E-state index in [0.717, 1.165) is 16.3 Å². The third-order valence-corrected chi connectivity index (χ3v) is 9.57. The minimum Gasteiger partial charge on any atom is -0.472 e. The van der Waals surface area contributed by atoms with Crippen LogP contribution >= 0.6 is 11.6 Å². The van der Waals surface area contributed by atoms with E-state index in [2.05, 4.69) is 16.9 Å². The summed E-state index contributed by atoms with van der Waals surface area (Å²) in [5, 5.41) is 4.58. The largest absolute Gasteiger partial charge is 0.472 e. The number of esters is 1. The smallest absolute Gasteiger partial charge is 0.306 e. The zero-order chi connectivity index (χ0) is 32.5. The fourth-order valence-corrected chi connectivity index (χ4v) is 6.84. The number of carbonyl (C=O) groups is 4. The van der Waals surface area contributed by atoms with E-state index in [1.165, 1.54) is 0 Å². The number of allylic oxidation sites excluding steroid dienone is 2. The highest BCUT2D eigenvalue weighted by molar-refractivity contribution is 6.30. The van der Waals surface area contributed by atoms with Crippen molar-refractivity contribution in [2.24, 2.45) is 22.7 Å². The van der Waals surface area contributed by atoms with Gasteiger partial charge in [-0.25, -0.2) is 4.98 Å². The number of Topliss-reactive ketones (excluding diaryl/α,β-unsaturated/α-hetero) is 1. The number of nitrogens with zero attached hydrogens (tertiary/aromatic N) is 2. The molecule has 1 aliphatic carbocycles. The Balaban J connectivity index is 1.53. The van der Waals surface area contributed by atoms with Gasteiger partial charge in [0.2, 0.25) is 17.7 Å². The van der Waals surface area contributed by atoms with Crippen molar-refractivity contribution in [1.29, 1.82) is 0 Å². The van der Waals surface area contributed by atoms with Crippen molar-refractivity contribution in [2.75, 3.05) is 20.2 Å². The molecule has 3 unspecified atom stereocenters. The highest BCUT2D eigenvalue weighted by atomic mass is 35.5. The van der Waals surface area contributed by atoms with Gasteiger partial charge < -0.3 is 19.7 Å². The zero-order valence-electron chi connectivity index (χ0n) is 26.4. The van der Waals surface area contributed by atoms with E-state index < -0.39 is 34.9 Å². The summed E-state index contributed by atoms with van der Waals surface area (Å²) < 4.78 is 12.0. The van der Waals surface area contributed by atoms with Crippen molar-refractivity contribution in [3.8, 4) is 5.88 Å². The lowest BCUT2D eigenvalue weighted by molar-refractivity contribution is -0.153. The van der Waals surface area contributed by atoms with Gasteiger partial charge >= 0.3 is 5.97 Å². The van der Waals surface area contributed by atoms with Crippen LogP contribution in [0.5, 0.6) is 5.88 Å². The standard InChI is InChI=1S/C35H42ClN3O6/c1-6-23-18-35(23,33(43)37-5)19-28(40)27-16-24-20-39(27)32(42)26(34(2,3)4)17-30(41)44-13-9-7-8-10-21-11-12-22-15-29(36)38-31(45-24)25(22)14-21/h6,8,10-12,14-15,23-24,26-27H,1,7,9,13,16-20H2,2-5H3,(H,37,43)/b10-8+/t23-,24?,26?,27?,35-/m1/s1. The highest BCUT2D eigenvalue weighted by Gasteiger charge is 2.60. The number of halogens is 1. The van der Waals surface area contributed by atoms with Crippen LogP contribution in [0.25, 0.3) is 16.8 Å². The van der Waals surface area contributed by atoms with Crippen molar-refractivity contribution < 1.29 is 28.7 Å². The minimum atomic E-state index is -0.880. The lowest BCUT2D eigenvalue weighted by Gasteiger charge is -2.34. The van der Waals surface area contributed by atoms with Gasteiger partial charge in [0.1, 0.15) is 11.3 Å². The maximum absolute atomic E-state index is 14.4. The molecular formula is C35H42ClN3O6. The summed E-state index contributed by atoms with van der Waals surface area (Å²) in [5.74, 6) is -1.73. The Morgan fingerprint density at radius 3 is 2.71 bits per heavy atom. The molecule has 3 aliphatic rings. The van der Waals surface area contributed by atoms with Crippen LogP contribution in [0.2, 0.25) is 5.15 Å². The average molecular weight is 636 g/mol. The molecule has 0 spiro atoms. The number of nitrogens with one attached hydrogen (secondary N) is 1. The fourth-order valence-electron chi connectivity index (χ4n) is 6.65. The van der Waals surface area contributed by atoms with E-state index in [-0.39, 0.29) is 61.1 Å². The maximum Gasteiger partial charge on any atom is 0.306 e. The number of fused-ring (bicyclic) bond motifs is 3. The van der Waals surface area contributed by atoms with Gasteiger partial charge in [-0.05, 0) is 53.7 Å². The molecule has 2 fully saturated rings. The summed E-state index contributed by atoms with van der Waals surface area (Å²) >= 11 is 6.39. The second-order valence-corrected chi connectivity index (χ2v) is 13.9. The molecule has 3 heterocycles. The van der Waals surface area contributed by atoms with Gasteiger partial charge in [-0.15, -0.1) is 6.58 Å². The van der Waals surface area contributed by atoms with Crippen molar-refractivity contribution in [3.63, 3.8) is 0 Å². The number of benzene rings is 1. The third-order valence-electron chi connectivity index (χ3n) is 9.38. The van der Waals surface area contributed by atoms with Crippen LogP contribution in [0.4, 0.5) is 0 Å². The molecule has 1 saturated heterocycles. The number of ketones is 1. The van der Waals surface area contributed by atoms with E-state index in [4.69, 9.17) is 21.1 Å². The Kier molecular flexibility index (Phi) is 9.40. The Morgan fingerprint density at radius 1 is 1.24 bits per heavy atom. The molecule has 5 rings (SSSR count). The highest BCUT2D eigenvalue weighted by Crippen LogP contribution is 2.56. The SMILES string of the molecule is C=C[C@@H]1C[C@]1(CC(=O)C1CC2CN1C(=O)C(C(C)(C)C)CC(=O)OCCC/C=C/c1ccc3cc(Cl)nc(c3c1)O2)C(=O)NC. The summed E-state index contributed by atoms with van der Waals surface area (Å²) in [7, 11) is 1.56. The molecule has 1 saturated carbocycles. The van der Waals surface area contributed by atoms with Crippen LogP contribution in [0.3, 0.4) is 0 Å². The molecule has 1 N–H and O–H groups in total. The topological polar surface area (TPSA) is 115 Å². The van der Waals surface area contributed by atoms with Crippen molar-refractivity contribution in [3.05, 3.63) is 53.7 Å². The molecule has 240 valence electrons. The number of aromatic nitrogens is 1. The predicted octanol–water partition coefficient (Wildman–Crippen LogP) is 5.54. The lowest BCUT2D eigenvalue weighted by Crippen LogP contribution is -2.48. The molecule has 10 heteroatoms. The lowest BCUT2D eigenvalue weighted by atomic mass is 9.77. The maximum atomic E-state index is 14.4. The average Bonchev–Trinajstić information content (AvgIpc) is 3.54. The van der Waals surface area contributed by atoms with Crippen LogP contribution in [-0.2, 0) is 23.9 Å². The first kappa shape index (κ1) is 32.7. The van der Waals surface area contributed by atoms with Gasteiger partial charge in [0.05, 0.1) is 36.9 Å². The van der Waals surface area contributed by atoms with Crippen LogP contribution < -0.4 is 10.1 Å². The molecule has 2 aliphatic heterocycles. The number of hydrogen-bond acceptors (Lipinski definition) is 7. The number of ether oxygens (including phenoxy) is 2. The number of cyclic esters (lactones) is 1. The van der Waals surface area contributed by atoms with E-state index in [0.29, 0.717) is 25.1 Å². The molecular weight excluding hydrogens is 594 g/mol. The summed E-state index contributed by atoms with van der Waals surface area (Å²) in [6, 6.07) is 6.82. The van der Waals surface area contributed by atoms with E-state index >= 15 is 0 Å². The van der Waals surface area contributed by atoms with Gasteiger partial charge in [0.15, 0.2) is 5.78 Å². The molecule has 45 heavy (non-hydrogen) atoms. The summed E-state index contributed by atoms with van der Waals surface area (Å²) in [6.07, 6.45) is 7.10. The number of amides is 2. The number of pyridine rings is 1. The minimum absolute atomic E-state index is 0.0270. The van der Waals surface area contributed by atoms with Crippen LogP contribution in [0.1, 0.15) is 64.9 Å². The van der Waals surface area contributed by atoms with Crippen LogP contribution in [0.15, 0.2) is 43.0 Å². The Labute approximate surface area is 269 Å². The summed E-state index contributed by atoms with van der Waals surface area (Å²) in [5.41, 5.74) is -0.532. The molecule has 5 atom stereocenters. The first-order valence-electron chi connectivity index (χ1n) is 15.6. The van der Waals surface area contributed by atoms with Gasteiger partial charge in [0, 0.05) is 25.3 Å². The number of carbonyl (C=O) groups excluding carboxylic acids is 4. The number of hydrogen-bond donors (Lipinski definition) is 1. The summed E-state index contributed by atoms with van der Waals surface area (Å²) in [6.45, 7) is 9.91. The normalized spacial score (nSPS) is 28.1. The van der Waals surface area contributed by atoms with E-state index in [1.807, 2.05) is 51.1 Å². The van der Waals surface area contributed by atoms with Gasteiger partial charge in [-0.3, -0.25) is 19.2 Å². The Bertz CT molecular complexity index is 1550. The second-order valence-electron chi connectivity index (χ2n) is 13.5. The van der Waals surface area contributed by atoms with Gasteiger partial charge in [0.25, 0.3) is 0 Å². The molecule has 0 radical (unpaired) electrons. The molecule has 1 aromatic heterocycles. The molecule has 1 aromatic carbocycles. The van der Waals surface area contributed by atoms with Crippen LogP contribution in [-0.4, -0.2) is 65.8 Å². The number of rotatable bonds is 5. The molecule has 2 amide bonds. The monoisotopic (exact) mass is 635 g/mol. The first-order valence-corrected chi connectivity index (χ1v) is 16.0. The van der Waals surface area contributed by atoms with Crippen molar-refractivity contribution in [1.82, 2.24) is 15.2 Å². The molecule has 4 bridgehead atoms. The Hall–Kier alpha value is -3.72. The first-order chi connectivity index (χ1) is 21.4. The van der Waals surface area contributed by atoms with Crippen molar-refractivity contribution >= 4 is 52.0 Å². The quantitative estimate of drug-likeness (QED) is 0.261.